The summed E-state index contributed by atoms with van der Waals surface area (Å²) in [5.74, 6) is -0.734. The third-order valence-corrected chi connectivity index (χ3v) is 3.74. The fourth-order valence-electron chi connectivity index (χ4n) is 2.72. The van der Waals surface area contributed by atoms with Crippen molar-refractivity contribution in [3.63, 3.8) is 0 Å². The van der Waals surface area contributed by atoms with Gasteiger partial charge < -0.3 is 19.1 Å². The van der Waals surface area contributed by atoms with Gasteiger partial charge in [0.1, 0.15) is 12.4 Å². The Morgan fingerprint density at radius 1 is 1.17 bits per heavy atom. The molecule has 1 heterocycles. The van der Waals surface area contributed by atoms with E-state index >= 15 is 0 Å². The van der Waals surface area contributed by atoms with Crippen molar-refractivity contribution in [2.45, 2.75) is 20.3 Å². The number of hydrogen-bond acceptors (Lipinski definition) is 6. The van der Waals surface area contributed by atoms with Crippen LogP contribution in [0.4, 0.5) is 5.69 Å². The summed E-state index contributed by atoms with van der Waals surface area (Å²) < 4.78 is 15.2. The van der Waals surface area contributed by atoms with Crippen molar-refractivity contribution in [2.75, 3.05) is 32.5 Å². The molecule has 0 unspecified atom stereocenters. The van der Waals surface area contributed by atoms with Gasteiger partial charge in [-0.15, -0.1) is 0 Å². The van der Waals surface area contributed by atoms with Crippen molar-refractivity contribution in [3.8, 4) is 0 Å². The number of benzene rings is 1. The molecule has 0 radical (unpaired) electrons. The molecule has 24 heavy (non-hydrogen) atoms. The molecule has 0 atom stereocenters. The fourth-order valence-corrected chi connectivity index (χ4v) is 2.72. The van der Waals surface area contributed by atoms with E-state index in [1.165, 1.54) is 14.2 Å². The SMILES string of the molecule is COC(=O)C1=C(C(=O)OC)N(c2ccccc2CC(C)C)COC1. The average Bonchev–Trinajstić information content (AvgIpc) is 2.59. The van der Waals surface area contributed by atoms with Crippen LogP contribution in [-0.4, -0.2) is 39.5 Å². The number of anilines is 1. The number of hydrogen-bond donors (Lipinski definition) is 0. The fraction of sp³-hybridized carbons (Fsp3) is 0.444. The van der Waals surface area contributed by atoms with Crippen molar-refractivity contribution in [2.24, 2.45) is 5.92 Å². The first-order valence-corrected chi connectivity index (χ1v) is 7.82. The number of rotatable bonds is 5. The smallest absolute Gasteiger partial charge is 0.355 e. The van der Waals surface area contributed by atoms with Crippen LogP contribution in [0, 0.1) is 5.92 Å². The summed E-state index contributed by atoms with van der Waals surface area (Å²) in [6.45, 7) is 4.43. The Labute approximate surface area is 142 Å². The van der Waals surface area contributed by atoms with E-state index in [1.54, 1.807) is 4.90 Å². The molecule has 0 bridgehead atoms. The second-order valence-corrected chi connectivity index (χ2v) is 5.94. The van der Waals surface area contributed by atoms with Gasteiger partial charge in [0.25, 0.3) is 0 Å². The number of carbonyl (C=O) groups excluding carboxylic acids is 2. The highest BCUT2D eigenvalue weighted by molar-refractivity contribution is 6.03. The molecule has 6 nitrogen and oxygen atoms in total. The highest BCUT2D eigenvalue weighted by Gasteiger charge is 2.33. The summed E-state index contributed by atoms with van der Waals surface area (Å²) in [6.07, 6.45) is 0.842. The number of methoxy groups -OCH3 is 2. The molecule has 2 rings (SSSR count). The number of para-hydroxylation sites is 1. The van der Waals surface area contributed by atoms with E-state index in [9.17, 15) is 9.59 Å². The van der Waals surface area contributed by atoms with Gasteiger partial charge >= 0.3 is 11.9 Å². The Morgan fingerprint density at radius 2 is 1.83 bits per heavy atom. The van der Waals surface area contributed by atoms with E-state index in [1.807, 2.05) is 24.3 Å². The van der Waals surface area contributed by atoms with Crippen molar-refractivity contribution in [1.29, 1.82) is 0 Å². The Bertz CT molecular complexity index is 651. The number of carbonyl (C=O) groups is 2. The van der Waals surface area contributed by atoms with Crippen LogP contribution in [0.2, 0.25) is 0 Å². The lowest BCUT2D eigenvalue weighted by atomic mass is 10.00. The Morgan fingerprint density at radius 3 is 2.46 bits per heavy atom. The topological polar surface area (TPSA) is 65.1 Å². The maximum absolute atomic E-state index is 12.3. The summed E-state index contributed by atoms with van der Waals surface area (Å²) in [5.41, 5.74) is 2.23. The summed E-state index contributed by atoms with van der Waals surface area (Å²) in [4.78, 5) is 26.1. The number of esters is 2. The lowest BCUT2D eigenvalue weighted by Gasteiger charge is -2.32. The quantitative estimate of drug-likeness (QED) is 0.770. The maximum atomic E-state index is 12.3. The third kappa shape index (κ3) is 3.76. The highest BCUT2D eigenvalue weighted by atomic mass is 16.5. The Hall–Kier alpha value is -2.34. The van der Waals surface area contributed by atoms with Gasteiger partial charge in [-0.3, -0.25) is 0 Å². The normalized spacial score (nSPS) is 14.8. The first kappa shape index (κ1) is 18.0. The average molecular weight is 333 g/mol. The molecule has 0 fully saturated rings. The molecular formula is C18H23NO5. The molecule has 1 aromatic rings. The van der Waals surface area contributed by atoms with E-state index in [0.29, 0.717) is 5.92 Å². The molecule has 130 valence electrons. The van der Waals surface area contributed by atoms with Crippen LogP contribution in [0.25, 0.3) is 0 Å². The Balaban J connectivity index is 2.55. The molecule has 1 aromatic carbocycles. The lowest BCUT2D eigenvalue weighted by molar-refractivity contribution is -0.140. The lowest BCUT2D eigenvalue weighted by Crippen LogP contribution is -2.39. The summed E-state index contributed by atoms with van der Waals surface area (Å²) in [6, 6.07) is 7.76. The standard InChI is InChI=1S/C18H23NO5/c1-12(2)9-13-7-5-6-8-15(13)19-11-24-10-14(17(20)22-3)16(19)18(21)23-4/h5-8,12H,9-11H2,1-4H3. The van der Waals surface area contributed by atoms with Crippen LogP contribution in [0.1, 0.15) is 19.4 Å². The van der Waals surface area contributed by atoms with Gasteiger partial charge in [0, 0.05) is 5.69 Å². The van der Waals surface area contributed by atoms with Gasteiger partial charge in [-0.2, -0.15) is 0 Å². The van der Waals surface area contributed by atoms with Gasteiger partial charge in [-0.1, -0.05) is 32.0 Å². The van der Waals surface area contributed by atoms with E-state index < -0.39 is 11.9 Å². The molecule has 1 aliphatic rings. The van der Waals surface area contributed by atoms with Crippen molar-refractivity contribution in [1.82, 2.24) is 0 Å². The van der Waals surface area contributed by atoms with Gasteiger partial charge in [0.15, 0.2) is 0 Å². The van der Waals surface area contributed by atoms with Crippen LogP contribution < -0.4 is 4.90 Å². The molecule has 1 aliphatic heterocycles. The van der Waals surface area contributed by atoms with E-state index in [2.05, 4.69) is 13.8 Å². The molecular weight excluding hydrogens is 310 g/mol. The molecule has 0 spiro atoms. The largest absolute Gasteiger partial charge is 0.466 e. The Kier molecular flexibility index (Phi) is 5.98. The van der Waals surface area contributed by atoms with E-state index in [0.717, 1.165) is 17.7 Å². The zero-order valence-corrected chi connectivity index (χ0v) is 14.5. The highest BCUT2D eigenvalue weighted by Crippen LogP contribution is 2.30. The zero-order valence-electron chi connectivity index (χ0n) is 14.5. The molecule has 6 heteroatoms. The summed E-state index contributed by atoms with van der Waals surface area (Å²) in [5, 5.41) is 0. The number of nitrogens with zero attached hydrogens (tertiary/aromatic N) is 1. The minimum atomic E-state index is -0.596. The van der Waals surface area contributed by atoms with Crippen LogP contribution in [-0.2, 0) is 30.2 Å². The second-order valence-electron chi connectivity index (χ2n) is 5.94. The van der Waals surface area contributed by atoms with Crippen molar-refractivity contribution < 1.29 is 23.8 Å². The van der Waals surface area contributed by atoms with E-state index in [4.69, 9.17) is 14.2 Å². The van der Waals surface area contributed by atoms with Gasteiger partial charge in [0.05, 0.1) is 26.4 Å². The van der Waals surface area contributed by atoms with Gasteiger partial charge in [-0.25, -0.2) is 9.59 Å². The van der Waals surface area contributed by atoms with Crippen LogP contribution in [0.15, 0.2) is 35.5 Å². The number of ether oxygens (including phenoxy) is 3. The first-order valence-electron chi connectivity index (χ1n) is 7.82. The predicted octanol–water partition coefficient (Wildman–Crippen LogP) is 2.28. The molecule has 0 saturated heterocycles. The molecule has 0 aromatic heterocycles. The van der Waals surface area contributed by atoms with Crippen molar-refractivity contribution >= 4 is 17.6 Å². The third-order valence-electron chi connectivity index (χ3n) is 3.74. The maximum Gasteiger partial charge on any atom is 0.355 e. The van der Waals surface area contributed by atoms with Gasteiger partial charge in [-0.05, 0) is 24.0 Å². The van der Waals surface area contributed by atoms with E-state index in [-0.39, 0.29) is 24.6 Å². The second kappa shape index (κ2) is 7.97. The van der Waals surface area contributed by atoms with Gasteiger partial charge in [0.2, 0.25) is 0 Å². The zero-order chi connectivity index (χ0) is 17.7. The molecule has 0 N–H and O–H groups in total. The summed E-state index contributed by atoms with van der Waals surface area (Å²) >= 11 is 0. The summed E-state index contributed by atoms with van der Waals surface area (Å²) in [7, 11) is 2.56. The minimum Gasteiger partial charge on any atom is -0.466 e. The van der Waals surface area contributed by atoms with Crippen LogP contribution in [0.5, 0.6) is 0 Å². The van der Waals surface area contributed by atoms with Crippen LogP contribution in [0.3, 0.4) is 0 Å². The van der Waals surface area contributed by atoms with Crippen LogP contribution >= 0.6 is 0 Å². The minimum absolute atomic E-state index is 0.0138. The first-order chi connectivity index (χ1) is 11.5. The molecule has 0 amide bonds. The van der Waals surface area contributed by atoms with Crippen molar-refractivity contribution in [3.05, 3.63) is 41.1 Å². The monoisotopic (exact) mass is 333 g/mol. The molecule has 0 saturated carbocycles. The predicted molar refractivity (Wildman–Crippen MR) is 89.3 cm³/mol. The molecule has 0 aliphatic carbocycles.